The van der Waals surface area contributed by atoms with Gasteiger partial charge in [0.05, 0.1) is 0 Å². The Hall–Kier alpha value is -3.23. The van der Waals surface area contributed by atoms with E-state index >= 15 is 0 Å². The van der Waals surface area contributed by atoms with Gasteiger partial charge in [0, 0.05) is 24.5 Å². The molecule has 3 aromatic heterocycles. The maximum atomic E-state index is 12.1. The lowest BCUT2D eigenvalue weighted by atomic mass is 10.3. The van der Waals surface area contributed by atoms with Crippen LogP contribution in [0.25, 0.3) is 5.82 Å². The Bertz CT molecular complexity index is 822. The molecule has 0 radical (unpaired) electrons. The molecule has 0 spiro atoms. The molecule has 0 saturated heterocycles. The Morgan fingerprint density at radius 2 is 2.23 bits per heavy atom. The van der Waals surface area contributed by atoms with Crippen molar-refractivity contribution in [1.29, 1.82) is 0 Å². The van der Waals surface area contributed by atoms with Gasteiger partial charge >= 0.3 is 0 Å². The van der Waals surface area contributed by atoms with E-state index in [0.29, 0.717) is 5.82 Å². The summed E-state index contributed by atoms with van der Waals surface area (Å²) in [5, 5.41) is 14.3. The summed E-state index contributed by atoms with van der Waals surface area (Å²) in [6, 6.07) is 5.29. The van der Waals surface area contributed by atoms with Gasteiger partial charge in [0.15, 0.2) is 11.6 Å². The molecule has 9 heteroatoms. The van der Waals surface area contributed by atoms with Crippen LogP contribution in [-0.4, -0.2) is 30.6 Å². The van der Waals surface area contributed by atoms with Crippen LogP contribution in [0.1, 0.15) is 13.0 Å². The van der Waals surface area contributed by atoms with E-state index in [1.54, 1.807) is 25.4 Å². The maximum absolute atomic E-state index is 12.1. The highest BCUT2D eigenvalue weighted by molar-refractivity contribution is 5.92. The molecule has 0 aliphatic rings. The summed E-state index contributed by atoms with van der Waals surface area (Å²) in [5.74, 6) is 0.278. The van der Waals surface area contributed by atoms with Gasteiger partial charge in [0.2, 0.25) is 5.91 Å². The molecule has 9 nitrogen and oxygen atoms in total. The van der Waals surface area contributed by atoms with Crippen molar-refractivity contribution in [3.63, 3.8) is 0 Å². The van der Waals surface area contributed by atoms with Crippen LogP contribution in [0.3, 0.4) is 0 Å². The average molecular weight is 300 g/mol. The van der Waals surface area contributed by atoms with E-state index in [0.717, 1.165) is 4.68 Å². The predicted octanol–water partition coefficient (Wildman–Crippen LogP) is 0.617. The second kappa shape index (κ2) is 5.64. The van der Waals surface area contributed by atoms with Gasteiger partial charge in [-0.2, -0.15) is 5.10 Å². The van der Waals surface area contributed by atoms with Crippen LogP contribution in [0.5, 0.6) is 0 Å². The predicted molar refractivity (Wildman–Crippen MR) is 75.5 cm³/mol. The SMILES string of the molecule is CC(C(=O)Nc1ccon1)n1nc(-n2cccn2)ccc1=O. The van der Waals surface area contributed by atoms with Crippen molar-refractivity contribution >= 4 is 11.7 Å². The van der Waals surface area contributed by atoms with Gasteiger partial charge in [-0.05, 0) is 19.1 Å². The zero-order valence-corrected chi connectivity index (χ0v) is 11.6. The third kappa shape index (κ3) is 2.64. The third-order valence-corrected chi connectivity index (χ3v) is 2.99. The third-order valence-electron chi connectivity index (χ3n) is 2.99. The number of anilines is 1. The fraction of sp³-hybridized carbons (Fsp3) is 0.154. The lowest BCUT2D eigenvalue weighted by Gasteiger charge is -2.13. The Kier molecular flexibility index (Phi) is 3.52. The fourth-order valence-electron chi connectivity index (χ4n) is 1.84. The first-order valence-corrected chi connectivity index (χ1v) is 6.46. The first-order valence-electron chi connectivity index (χ1n) is 6.46. The summed E-state index contributed by atoms with van der Waals surface area (Å²) in [6.45, 7) is 1.57. The van der Waals surface area contributed by atoms with E-state index in [4.69, 9.17) is 0 Å². The van der Waals surface area contributed by atoms with Crippen molar-refractivity contribution in [2.45, 2.75) is 13.0 Å². The van der Waals surface area contributed by atoms with Gasteiger partial charge in [-0.1, -0.05) is 5.16 Å². The van der Waals surface area contributed by atoms with Crippen molar-refractivity contribution in [2.75, 3.05) is 5.32 Å². The molecule has 0 aromatic carbocycles. The molecule has 1 atom stereocenters. The van der Waals surface area contributed by atoms with Gasteiger partial charge in [0.1, 0.15) is 12.3 Å². The van der Waals surface area contributed by atoms with Crippen LogP contribution < -0.4 is 10.9 Å². The first kappa shape index (κ1) is 13.7. The molecule has 1 amide bonds. The number of nitrogens with zero attached hydrogens (tertiary/aromatic N) is 5. The zero-order chi connectivity index (χ0) is 15.5. The Balaban J connectivity index is 1.88. The lowest BCUT2D eigenvalue weighted by molar-refractivity contribution is -0.119. The quantitative estimate of drug-likeness (QED) is 0.756. The van der Waals surface area contributed by atoms with E-state index in [1.165, 1.54) is 29.1 Å². The molecule has 3 aromatic rings. The molecular weight excluding hydrogens is 288 g/mol. The van der Waals surface area contributed by atoms with Crippen molar-refractivity contribution in [3.05, 3.63) is 53.3 Å². The molecule has 3 heterocycles. The summed E-state index contributed by atoms with van der Waals surface area (Å²) < 4.78 is 7.22. The van der Waals surface area contributed by atoms with E-state index < -0.39 is 17.5 Å². The van der Waals surface area contributed by atoms with Crippen LogP contribution in [0.4, 0.5) is 5.82 Å². The number of aromatic nitrogens is 5. The fourth-order valence-corrected chi connectivity index (χ4v) is 1.84. The highest BCUT2D eigenvalue weighted by Crippen LogP contribution is 2.08. The summed E-state index contributed by atoms with van der Waals surface area (Å²) in [4.78, 5) is 24.1. The highest BCUT2D eigenvalue weighted by Gasteiger charge is 2.19. The van der Waals surface area contributed by atoms with Crippen molar-refractivity contribution < 1.29 is 9.32 Å². The standard InChI is InChI=1S/C13H12N6O3/c1-9(13(21)15-10-5-8-22-17-10)19-12(20)4-3-11(16-19)18-7-2-6-14-18/h2-9H,1H3,(H,15,17,21). The minimum absolute atomic E-state index is 0.271. The topological polar surface area (TPSA) is 108 Å². The van der Waals surface area contributed by atoms with E-state index in [1.807, 2.05) is 0 Å². The van der Waals surface area contributed by atoms with Crippen LogP contribution in [0.15, 0.2) is 52.2 Å². The number of amides is 1. The second-order valence-electron chi connectivity index (χ2n) is 4.47. The summed E-state index contributed by atoms with van der Waals surface area (Å²) in [5.41, 5.74) is -0.390. The molecule has 1 N–H and O–H groups in total. The molecule has 0 saturated carbocycles. The average Bonchev–Trinajstić information content (AvgIpc) is 3.20. The van der Waals surface area contributed by atoms with Gasteiger partial charge in [-0.15, -0.1) is 5.10 Å². The number of nitrogens with one attached hydrogen (secondary N) is 1. The molecule has 0 aliphatic carbocycles. The number of hydrogen-bond donors (Lipinski definition) is 1. The van der Waals surface area contributed by atoms with E-state index in [-0.39, 0.29) is 5.82 Å². The van der Waals surface area contributed by atoms with E-state index in [2.05, 4.69) is 25.2 Å². The first-order chi connectivity index (χ1) is 10.6. The Morgan fingerprint density at radius 3 is 2.91 bits per heavy atom. The molecule has 112 valence electrons. The smallest absolute Gasteiger partial charge is 0.267 e. The summed E-state index contributed by atoms with van der Waals surface area (Å²) in [7, 11) is 0. The molecular formula is C13H12N6O3. The number of carbonyl (C=O) groups is 1. The van der Waals surface area contributed by atoms with Crippen molar-refractivity contribution in [2.24, 2.45) is 0 Å². The molecule has 0 aliphatic heterocycles. The number of hydrogen-bond acceptors (Lipinski definition) is 6. The minimum Gasteiger partial charge on any atom is -0.363 e. The lowest BCUT2D eigenvalue weighted by Crippen LogP contribution is -2.33. The molecule has 22 heavy (non-hydrogen) atoms. The largest absolute Gasteiger partial charge is 0.363 e. The van der Waals surface area contributed by atoms with Crippen molar-refractivity contribution in [1.82, 2.24) is 24.7 Å². The van der Waals surface area contributed by atoms with Crippen molar-refractivity contribution in [3.8, 4) is 5.82 Å². The van der Waals surface area contributed by atoms with Gasteiger partial charge < -0.3 is 9.84 Å². The van der Waals surface area contributed by atoms with Crippen LogP contribution >= 0.6 is 0 Å². The Labute approximate surface area is 124 Å². The van der Waals surface area contributed by atoms with Gasteiger partial charge in [-0.3, -0.25) is 9.59 Å². The number of carbonyl (C=O) groups excluding carboxylic acids is 1. The highest BCUT2D eigenvalue weighted by atomic mass is 16.5. The monoisotopic (exact) mass is 300 g/mol. The van der Waals surface area contributed by atoms with Crippen LogP contribution in [0.2, 0.25) is 0 Å². The summed E-state index contributed by atoms with van der Waals surface area (Å²) >= 11 is 0. The van der Waals surface area contributed by atoms with Gasteiger partial charge in [0.25, 0.3) is 5.56 Å². The van der Waals surface area contributed by atoms with Crippen LogP contribution in [0, 0.1) is 0 Å². The normalized spacial score (nSPS) is 12.0. The number of rotatable bonds is 4. The minimum atomic E-state index is -0.820. The summed E-state index contributed by atoms with van der Waals surface area (Å²) in [6.07, 6.45) is 4.62. The molecule has 0 bridgehead atoms. The molecule has 3 rings (SSSR count). The Morgan fingerprint density at radius 1 is 1.36 bits per heavy atom. The maximum Gasteiger partial charge on any atom is 0.267 e. The second-order valence-corrected chi connectivity index (χ2v) is 4.47. The molecule has 1 unspecified atom stereocenters. The van der Waals surface area contributed by atoms with Gasteiger partial charge in [-0.25, -0.2) is 9.36 Å². The van der Waals surface area contributed by atoms with E-state index in [9.17, 15) is 9.59 Å². The van der Waals surface area contributed by atoms with Crippen LogP contribution in [-0.2, 0) is 4.79 Å². The molecule has 0 fully saturated rings. The zero-order valence-electron chi connectivity index (χ0n) is 11.6.